The van der Waals surface area contributed by atoms with Crippen molar-refractivity contribution >= 4 is 29.3 Å². The fraction of sp³-hybridized carbons (Fsp3) is 0.308. The lowest BCUT2D eigenvalue weighted by Crippen LogP contribution is -2.42. The van der Waals surface area contributed by atoms with Crippen molar-refractivity contribution in [1.82, 2.24) is 5.32 Å². The molecule has 19 heavy (non-hydrogen) atoms. The Labute approximate surface area is 115 Å². The molecule has 1 atom stereocenters. The predicted molar refractivity (Wildman–Crippen MR) is 70.3 cm³/mol. The van der Waals surface area contributed by atoms with E-state index in [1.165, 1.54) is 12.1 Å². The average molecular weight is 284 g/mol. The molecule has 0 aliphatic rings. The van der Waals surface area contributed by atoms with Gasteiger partial charge in [-0.05, 0) is 12.1 Å². The lowest BCUT2D eigenvalue weighted by molar-refractivity contribution is -0.141. The van der Waals surface area contributed by atoms with Crippen LogP contribution in [0.1, 0.15) is 30.1 Å². The van der Waals surface area contributed by atoms with Crippen LogP contribution in [-0.4, -0.2) is 28.8 Å². The third-order valence-corrected chi connectivity index (χ3v) is 2.88. The highest BCUT2D eigenvalue weighted by Crippen LogP contribution is 2.15. The molecule has 0 spiro atoms. The molecule has 1 unspecified atom stereocenters. The maximum absolute atomic E-state index is 11.9. The Bertz CT molecular complexity index is 501. The summed E-state index contributed by atoms with van der Waals surface area (Å²) in [5.41, 5.74) is 0.180. The highest BCUT2D eigenvalue weighted by Gasteiger charge is 2.23. The SMILES string of the molecule is CCC(=O)CC(NC(=O)c1ccccc1Cl)C(=O)O. The summed E-state index contributed by atoms with van der Waals surface area (Å²) >= 11 is 5.84. The predicted octanol–water partition coefficient (Wildman–Crippen LogP) is 1.89. The maximum Gasteiger partial charge on any atom is 0.326 e. The van der Waals surface area contributed by atoms with Gasteiger partial charge in [0, 0.05) is 12.8 Å². The number of nitrogens with one attached hydrogen (secondary N) is 1. The zero-order valence-corrected chi connectivity index (χ0v) is 11.1. The molecule has 0 radical (unpaired) electrons. The van der Waals surface area contributed by atoms with Crippen molar-refractivity contribution in [3.05, 3.63) is 34.9 Å². The molecule has 102 valence electrons. The number of halogens is 1. The van der Waals surface area contributed by atoms with Gasteiger partial charge in [0.2, 0.25) is 0 Å². The topological polar surface area (TPSA) is 83.5 Å². The average Bonchev–Trinajstić information content (AvgIpc) is 2.37. The molecule has 0 aliphatic heterocycles. The Hall–Kier alpha value is -1.88. The molecule has 0 aliphatic carbocycles. The molecule has 1 amide bonds. The summed E-state index contributed by atoms with van der Waals surface area (Å²) in [6, 6.07) is 5.06. The van der Waals surface area contributed by atoms with Crippen LogP contribution in [0.3, 0.4) is 0 Å². The molecule has 6 heteroatoms. The number of Topliss-reactive ketones (excluding diaryl/α,β-unsaturated/α-hetero) is 1. The van der Waals surface area contributed by atoms with E-state index in [0.29, 0.717) is 0 Å². The number of aliphatic carboxylic acids is 1. The summed E-state index contributed by atoms with van der Waals surface area (Å²) < 4.78 is 0. The molecule has 1 aromatic carbocycles. The van der Waals surface area contributed by atoms with Gasteiger partial charge >= 0.3 is 5.97 Å². The molecule has 0 fully saturated rings. The normalized spacial score (nSPS) is 11.7. The second-order valence-electron chi connectivity index (χ2n) is 3.94. The minimum Gasteiger partial charge on any atom is -0.480 e. The van der Waals surface area contributed by atoms with Crippen molar-refractivity contribution in [3.63, 3.8) is 0 Å². The van der Waals surface area contributed by atoms with E-state index in [2.05, 4.69) is 5.32 Å². The van der Waals surface area contributed by atoms with Crippen molar-refractivity contribution in [1.29, 1.82) is 0 Å². The fourth-order valence-electron chi connectivity index (χ4n) is 1.45. The van der Waals surface area contributed by atoms with Gasteiger partial charge in [-0.2, -0.15) is 0 Å². The van der Waals surface area contributed by atoms with E-state index >= 15 is 0 Å². The molecule has 0 saturated carbocycles. The monoisotopic (exact) mass is 283 g/mol. The molecule has 1 aromatic rings. The molecule has 0 aromatic heterocycles. The highest BCUT2D eigenvalue weighted by molar-refractivity contribution is 6.33. The lowest BCUT2D eigenvalue weighted by atomic mass is 10.1. The summed E-state index contributed by atoms with van der Waals surface area (Å²) in [7, 11) is 0. The Morgan fingerprint density at radius 3 is 2.47 bits per heavy atom. The van der Waals surface area contributed by atoms with Crippen LogP contribution < -0.4 is 5.32 Å². The minimum atomic E-state index is -1.25. The number of benzene rings is 1. The first kappa shape index (κ1) is 15.2. The summed E-state index contributed by atoms with van der Waals surface area (Å²) in [5, 5.41) is 11.5. The number of ketones is 1. The molecule has 5 nitrogen and oxygen atoms in total. The number of rotatable bonds is 6. The second-order valence-corrected chi connectivity index (χ2v) is 4.35. The Morgan fingerprint density at radius 2 is 1.95 bits per heavy atom. The zero-order valence-electron chi connectivity index (χ0n) is 10.4. The van der Waals surface area contributed by atoms with Gasteiger partial charge in [-0.1, -0.05) is 30.7 Å². The molecule has 0 heterocycles. The highest BCUT2D eigenvalue weighted by atomic mass is 35.5. The molecule has 0 bridgehead atoms. The lowest BCUT2D eigenvalue weighted by Gasteiger charge is -2.14. The van der Waals surface area contributed by atoms with Gasteiger partial charge in [0.25, 0.3) is 5.91 Å². The van der Waals surface area contributed by atoms with Gasteiger partial charge < -0.3 is 10.4 Å². The smallest absolute Gasteiger partial charge is 0.326 e. The van der Waals surface area contributed by atoms with Crippen LogP contribution in [0, 0.1) is 0 Å². The Morgan fingerprint density at radius 1 is 1.32 bits per heavy atom. The zero-order chi connectivity index (χ0) is 14.4. The van der Waals surface area contributed by atoms with E-state index in [9.17, 15) is 14.4 Å². The van der Waals surface area contributed by atoms with Crippen LogP contribution in [0.2, 0.25) is 5.02 Å². The quantitative estimate of drug-likeness (QED) is 0.835. The summed E-state index contributed by atoms with van der Waals surface area (Å²) in [5.74, 6) is -2.09. The molecule has 0 saturated heterocycles. The Balaban J connectivity index is 2.80. The van der Waals surface area contributed by atoms with Gasteiger partial charge in [0.1, 0.15) is 11.8 Å². The van der Waals surface area contributed by atoms with Crippen LogP contribution in [0.15, 0.2) is 24.3 Å². The third kappa shape index (κ3) is 4.37. The van der Waals surface area contributed by atoms with Gasteiger partial charge in [0.05, 0.1) is 10.6 Å². The van der Waals surface area contributed by atoms with Crippen molar-refractivity contribution in [3.8, 4) is 0 Å². The number of hydrogen-bond donors (Lipinski definition) is 2. The van der Waals surface area contributed by atoms with E-state index in [1.807, 2.05) is 0 Å². The van der Waals surface area contributed by atoms with Gasteiger partial charge in [-0.25, -0.2) is 4.79 Å². The fourth-order valence-corrected chi connectivity index (χ4v) is 1.67. The summed E-state index contributed by atoms with van der Waals surface area (Å²) in [6.45, 7) is 1.64. The standard InChI is InChI=1S/C13H14ClNO4/c1-2-8(16)7-11(13(18)19)15-12(17)9-5-3-4-6-10(9)14/h3-6,11H,2,7H2,1H3,(H,15,17)(H,18,19). The van der Waals surface area contributed by atoms with Gasteiger partial charge in [-0.15, -0.1) is 0 Å². The van der Waals surface area contributed by atoms with Crippen molar-refractivity contribution in [2.75, 3.05) is 0 Å². The molecule has 1 rings (SSSR count). The van der Waals surface area contributed by atoms with Crippen LogP contribution >= 0.6 is 11.6 Å². The number of carbonyl (C=O) groups excluding carboxylic acids is 2. The number of hydrogen-bond acceptors (Lipinski definition) is 3. The molecular formula is C13H14ClNO4. The van der Waals surface area contributed by atoms with E-state index in [-0.39, 0.29) is 29.2 Å². The van der Waals surface area contributed by atoms with Gasteiger partial charge in [0.15, 0.2) is 0 Å². The number of carbonyl (C=O) groups is 3. The van der Waals surface area contributed by atoms with Crippen molar-refractivity contribution < 1.29 is 19.5 Å². The van der Waals surface area contributed by atoms with Crippen LogP contribution in [0.4, 0.5) is 0 Å². The van der Waals surface area contributed by atoms with E-state index in [0.717, 1.165) is 0 Å². The van der Waals surface area contributed by atoms with Crippen molar-refractivity contribution in [2.45, 2.75) is 25.8 Å². The van der Waals surface area contributed by atoms with Crippen LogP contribution in [0.25, 0.3) is 0 Å². The summed E-state index contributed by atoms with van der Waals surface area (Å²) in [4.78, 5) is 34.2. The van der Waals surface area contributed by atoms with E-state index in [1.54, 1.807) is 19.1 Å². The summed E-state index contributed by atoms with van der Waals surface area (Å²) in [6.07, 6.45) is -0.00618. The van der Waals surface area contributed by atoms with Gasteiger partial charge in [-0.3, -0.25) is 9.59 Å². The maximum atomic E-state index is 11.9. The molecule has 2 N–H and O–H groups in total. The van der Waals surface area contributed by atoms with E-state index in [4.69, 9.17) is 16.7 Å². The first-order valence-corrected chi connectivity index (χ1v) is 6.13. The van der Waals surface area contributed by atoms with Crippen LogP contribution in [-0.2, 0) is 9.59 Å². The minimum absolute atomic E-state index is 0.180. The Kier molecular flexibility index (Phi) is 5.51. The van der Waals surface area contributed by atoms with Crippen molar-refractivity contribution in [2.24, 2.45) is 0 Å². The van der Waals surface area contributed by atoms with E-state index < -0.39 is 17.9 Å². The number of amides is 1. The number of carboxylic acids is 1. The van der Waals surface area contributed by atoms with Crippen LogP contribution in [0.5, 0.6) is 0 Å². The molecular weight excluding hydrogens is 270 g/mol. The first-order chi connectivity index (χ1) is 8.95. The number of carboxylic acid groups (broad SMARTS) is 1. The largest absolute Gasteiger partial charge is 0.480 e. The second kappa shape index (κ2) is 6.89. The third-order valence-electron chi connectivity index (χ3n) is 2.55. The first-order valence-electron chi connectivity index (χ1n) is 5.75.